The molecular formula is C13H23NO3. The van der Waals surface area contributed by atoms with Crippen molar-refractivity contribution in [3.8, 4) is 0 Å². The Balaban J connectivity index is 1.80. The van der Waals surface area contributed by atoms with Crippen LogP contribution in [0.4, 0.5) is 0 Å². The Kier molecular flexibility index (Phi) is 4.95. The molecular weight excluding hydrogens is 218 g/mol. The van der Waals surface area contributed by atoms with E-state index in [0.29, 0.717) is 25.0 Å². The largest absolute Gasteiger partial charge is 0.396 e. The summed E-state index contributed by atoms with van der Waals surface area (Å²) >= 11 is 0. The third-order valence-corrected chi connectivity index (χ3v) is 3.94. The van der Waals surface area contributed by atoms with E-state index < -0.39 is 0 Å². The van der Waals surface area contributed by atoms with Crippen LogP contribution in [0.25, 0.3) is 0 Å². The van der Waals surface area contributed by atoms with Gasteiger partial charge in [0.1, 0.15) is 0 Å². The number of ether oxygens (including phenoxy) is 1. The fraction of sp³-hybridized carbons (Fsp3) is 0.923. The Morgan fingerprint density at radius 3 is 2.71 bits per heavy atom. The van der Waals surface area contributed by atoms with E-state index in [-0.39, 0.29) is 12.5 Å². The standard InChI is InChI=1S/C13H23NO3/c15-7-2-6-14(12-3-1-4-12)9-13(16)11-5-8-17-10-11/h11-12,15H,1-10H2. The SMILES string of the molecule is O=C(CN(CCCO)C1CCC1)C1CCOC1. The smallest absolute Gasteiger partial charge is 0.152 e. The predicted octanol–water partition coefficient (Wildman–Crippen LogP) is 0.829. The number of Topliss-reactive ketones (excluding diaryl/α,β-unsaturated/α-hetero) is 1. The zero-order valence-corrected chi connectivity index (χ0v) is 10.4. The van der Waals surface area contributed by atoms with Gasteiger partial charge in [0, 0.05) is 31.7 Å². The Labute approximate surface area is 103 Å². The topological polar surface area (TPSA) is 49.8 Å². The highest BCUT2D eigenvalue weighted by molar-refractivity contribution is 5.83. The quantitative estimate of drug-likeness (QED) is 0.717. The van der Waals surface area contributed by atoms with Crippen LogP contribution in [-0.2, 0) is 9.53 Å². The van der Waals surface area contributed by atoms with Crippen molar-refractivity contribution in [3.63, 3.8) is 0 Å². The summed E-state index contributed by atoms with van der Waals surface area (Å²) in [5.41, 5.74) is 0. The van der Waals surface area contributed by atoms with Crippen LogP contribution in [0, 0.1) is 5.92 Å². The molecule has 1 N–H and O–H groups in total. The molecule has 1 unspecified atom stereocenters. The number of rotatable bonds is 7. The molecule has 0 radical (unpaired) electrons. The maximum Gasteiger partial charge on any atom is 0.152 e. The highest BCUT2D eigenvalue weighted by atomic mass is 16.5. The van der Waals surface area contributed by atoms with Gasteiger partial charge in [-0.05, 0) is 25.7 Å². The van der Waals surface area contributed by atoms with Gasteiger partial charge in [-0.1, -0.05) is 6.42 Å². The van der Waals surface area contributed by atoms with Gasteiger partial charge in [-0.25, -0.2) is 0 Å². The van der Waals surface area contributed by atoms with Crippen LogP contribution in [0.1, 0.15) is 32.1 Å². The Morgan fingerprint density at radius 2 is 2.18 bits per heavy atom. The van der Waals surface area contributed by atoms with E-state index in [1.54, 1.807) is 0 Å². The number of hydrogen-bond acceptors (Lipinski definition) is 4. The molecule has 98 valence electrons. The number of aliphatic hydroxyl groups is 1. The molecule has 1 aliphatic heterocycles. The normalized spacial score (nSPS) is 25.2. The zero-order valence-electron chi connectivity index (χ0n) is 10.4. The molecule has 1 heterocycles. The number of carbonyl (C=O) groups is 1. The Hall–Kier alpha value is -0.450. The minimum absolute atomic E-state index is 0.117. The van der Waals surface area contributed by atoms with E-state index in [0.717, 1.165) is 26.0 Å². The minimum atomic E-state index is 0.117. The highest BCUT2D eigenvalue weighted by Crippen LogP contribution is 2.25. The molecule has 2 rings (SSSR count). The van der Waals surface area contributed by atoms with Crippen LogP contribution in [0.15, 0.2) is 0 Å². The number of ketones is 1. The Morgan fingerprint density at radius 1 is 1.35 bits per heavy atom. The molecule has 2 aliphatic rings. The molecule has 0 amide bonds. The summed E-state index contributed by atoms with van der Waals surface area (Å²) in [5.74, 6) is 0.444. The summed E-state index contributed by atoms with van der Waals surface area (Å²) in [5, 5.41) is 8.90. The molecule has 0 aromatic heterocycles. The van der Waals surface area contributed by atoms with Crippen molar-refractivity contribution in [1.82, 2.24) is 4.90 Å². The molecule has 0 bridgehead atoms. The number of hydrogen-bond donors (Lipinski definition) is 1. The molecule has 1 aliphatic carbocycles. The maximum atomic E-state index is 12.1. The maximum absolute atomic E-state index is 12.1. The lowest BCUT2D eigenvalue weighted by Gasteiger charge is -2.37. The van der Waals surface area contributed by atoms with Crippen LogP contribution in [0.2, 0.25) is 0 Å². The van der Waals surface area contributed by atoms with Crippen LogP contribution < -0.4 is 0 Å². The lowest BCUT2D eigenvalue weighted by Crippen LogP contribution is -2.45. The van der Waals surface area contributed by atoms with Crippen molar-refractivity contribution in [2.75, 3.05) is 32.9 Å². The summed E-state index contributed by atoms with van der Waals surface area (Å²) in [6, 6.07) is 0.577. The highest BCUT2D eigenvalue weighted by Gasteiger charge is 2.29. The van der Waals surface area contributed by atoms with Gasteiger partial charge in [0.05, 0.1) is 13.2 Å². The van der Waals surface area contributed by atoms with Crippen LogP contribution in [0.5, 0.6) is 0 Å². The van der Waals surface area contributed by atoms with Crippen molar-refractivity contribution in [2.24, 2.45) is 5.92 Å². The van der Waals surface area contributed by atoms with Crippen molar-refractivity contribution in [3.05, 3.63) is 0 Å². The summed E-state index contributed by atoms with van der Waals surface area (Å²) in [4.78, 5) is 14.3. The van der Waals surface area contributed by atoms with E-state index in [4.69, 9.17) is 9.84 Å². The summed E-state index contributed by atoms with van der Waals surface area (Å²) in [7, 11) is 0. The van der Waals surface area contributed by atoms with Gasteiger partial charge >= 0.3 is 0 Å². The van der Waals surface area contributed by atoms with Gasteiger partial charge in [-0.3, -0.25) is 9.69 Å². The van der Waals surface area contributed by atoms with Gasteiger partial charge in [0.15, 0.2) is 5.78 Å². The molecule has 0 aromatic rings. The summed E-state index contributed by atoms with van der Waals surface area (Å²) in [6.45, 7) is 2.96. The van der Waals surface area contributed by atoms with Gasteiger partial charge in [-0.2, -0.15) is 0 Å². The predicted molar refractivity (Wildman–Crippen MR) is 64.8 cm³/mol. The van der Waals surface area contributed by atoms with Gasteiger partial charge in [-0.15, -0.1) is 0 Å². The molecule has 1 atom stereocenters. The van der Waals surface area contributed by atoms with E-state index in [2.05, 4.69) is 4.90 Å². The average molecular weight is 241 g/mol. The van der Waals surface area contributed by atoms with Crippen LogP contribution in [0.3, 0.4) is 0 Å². The fourth-order valence-electron chi connectivity index (χ4n) is 2.53. The first-order valence-electron chi connectivity index (χ1n) is 6.76. The molecule has 2 fully saturated rings. The van der Waals surface area contributed by atoms with Crippen LogP contribution in [-0.4, -0.2) is 54.7 Å². The second-order valence-electron chi connectivity index (χ2n) is 5.16. The monoisotopic (exact) mass is 241 g/mol. The summed E-state index contributed by atoms with van der Waals surface area (Å²) in [6.07, 6.45) is 5.35. The average Bonchev–Trinajstić information content (AvgIpc) is 2.76. The Bertz CT molecular complexity index is 247. The molecule has 0 spiro atoms. The van der Waals surface area contributed by atoms with E-state index in [1.165, 1.54) is 19.3 Å². The van der Waals surface area contributed by atoms with Crippen molar-refractivity contribution < 1.29 is 14.6 Å². The first kappa shape index (κ1) is 13.0. The van der Waals surface area contributed by atoms with Gasteiger partial charge in [0.25, 0.3) is 0 Å². The molecule has 1 saturated heterocycles. The van der Waals surface area contributed by atoms with Gasteiger partial charge < -0.3 is 9.84 Å². The third-order valence-electron chi connectivity index (χ3n) is 3.94. The lowest BCUT2D eigenvalue weighted by molar-refractivity contribution is -0.125. The van der Waals surface area contributed by atoms with Crippen LogP contribution >= 0.6 is 0 Å². The minimum Gasteiger partial charge on any atom is -0.396 e. The first-order chi connectivity index (χ1) is 8.31. The number of aliphatic hydroxyl groups excluding tert-OH is 1. The molecule has 4 heteroatoms. The summed E-state index contributed by atoms with van der Waals surface area (Å²) < 4.78 is 5.26. The first-order valence-corrected chi connectivity index (χ1v) is 6.76. The van der Waals surface area contributed by atoms with Crippen molar-refractivity contribution in [1.29, 1.82) is 0 Å². The second-order valence-corrected chi connectivity index (χ2v) is 5.16. The number of carbonyl (C=O) groups excluding carboxylic acids is 1. The fourth-order valence-corrected chi connectivity index (χ4v) is 2.53. The molecule has 1 saturated carbocycles. The molecule has 0 aromatic carbocycles. The van der Waals surface area contributed by atoms with E-state index in [9.17, 15) is 4.79 Å². The molecule has 4 nitrogen and oxygen atoms in total. The van der Waals surface area contributed by atoms with E-state index in [1.807, 2.05) is 0 Å². The third kappa shape index (κ3) is 3.50. The zero-order chi connectivity index (χ0) is 12.1. The lowest BCUT2D eigenvalue weighted by atomic mass is 9.90. The van der Waals surface area contributed by atoms with Crippen molar-refractivity contribution >= 4 is 5.78 Å². The second kappa shape index (κ2) is 6.47. The van der Waals surface area contributed by atoms with Crippen molar-refractivity contribution in [2.45, 2.75) is 38.1 Å². The van der Waals surface area contributed by atoms with Gasteiger partial charge in [0.2, 0.25) is 0 Å². The molecule has 17 heavy (non-hydrogen) atoms. The van der Waals surface area contributed by atoms with E-state index >= 15 is 0 Å². The number of nitrogens with zero attached hydrogens (tertiary/aromatic N) is 1.